The quantitative estimate of drug-likeness (QED) is 0.503. The molecule has 4 rings (SSSR count). The van der Waals surface area contributed by atoms with Gasteiger partial charge in [0, 0.05) is 19.2 Å². The SMILES string of the molecule is COC[C@@H]1CCCN1C(=O)c1nn(C(C)(C)C)c2nc(NC(=O)c3ccc(OC(F)(F)F)cc3)sc12. The zero-order chi connectivity index (χ0) is 26.3. The number of carbonyl (C=O) groups excluding carboxylic acids is 2. The molecule has 0 spiro atoms. The highest BCUT2D eigenvalue weighted by Crippen LogP contribution is 2.34. The van der Waals surface area contributed by atoms with Crippen LogP contribution in [0.2, 0.25) is 0 Å². The number of likely N-dealkylation sites (tertiary alicyclic amines) is 1. The van der Waals surface area contributed by atoms with Crippen LogP contribution in [0.15, 0.2) is 24.3 Å². The number of hydrogen-bond acceptors (Lipinski definition) is 7. The average molecular weight is 526 g/mol. The van der Waals surface area contributed by atoms with Crippen molar-refractivity contribution in [2.45, 2.75) is 51.6 Å². The summed E-state index contributed by atoms with van der Waals surface area (Å²) in [6, 6.07) is 4.52. The monoisotopic (exact) mass is 525 g/mol. The number of carbonyl (C=O) groups is 2. The van der Waals surface area contributed by atoms with Gasteiger partial charge in [-0.3, -0.25) is 14.9 Å². The molecule has 1 aromatic carbocycles. The number of rotatable bonds is 6. The van der Waals surface area contributed by atoms with Crippen molar-refractivity contribution >= 4 is 38.6 Å². The van der Waals surface area contributed by atoms with Gasteiger partial charge in [0.1, 0.15) is 10.4 Å². The summed E-state index contributed by atoms with van der Waals surface area (Å²) >= 11 is 1.12. The number of benzene rings is 1. The van der Waals surface area contributed by atoms with E-state index in [1.165, 1.54) is 12.1 Å². The van der Waals surface area contributed by atoms with Crippen LogP contribution in [0.1, 0.15) is 54.5 Å². The highest BCUT2D eigenvalue weighted by Gasteiger charge is 2.35. The molecular weight excluding hydrogens is 499 g/mol. The number of ether oxygens (including phenoxy) is 2. The Bertz CT molecular complexity index is 1260. The Hall–Kier alpha value is -3.19. The molecule has 194 valence electrons. The van der Waals surface area contributed by atoms with Crippen LogP contribution in [0.4, 0.5) is 18.3 Å². The third-order valence-corrected chi connectivity index (χ3v) is 6.60. The molecular formula is C23H26F3N5O4S. The molecule has 3 heterocycles. The maximum atomic E-state index is 13.5. The van der Waals surface area contributed by atoms with Gasteiger partial charge in [-0.15, -0.1) is 13.2 Å². The number of nitrogens with one attached hydrogen (secondary N) is 1. The number of aromatic nitrogens is 3. The molecule has 1 N–H and O–H groups in total. The van der Waals surface area contributed by atoms with Crippen LogP contribution >= 0.6 is 11.3 Å². The Morgan fingerprint density at radius 1 is 1.19 bits per heavy atom. The lowest BCUT2D eigenvalue weighted by Gasteiger charge is -2.23. The van der Waals surface area contributed by atoms with Crippen molar-refractivity contribution in [3.63, 3.8) is 0 Å². The van der Waals surface area contributed by atoms with Gasteiger partial charge in [-0.05, 0) is 57.9 Å². The molecule has 0 aliphatic carbocycles. The van der Waals surface area contributed by atoms with E-state index in [1.54, 1.807) is 16.7 Å². The molecule has 1 aliphatic rings. The Morgan fingerprint density at radius 3 is 2.50 bits per heavy atom. The first-order chi connectivity index (χ1) is 16.9. The van der Waals surface area contributed by atoms with E-state index in [2.05, 4.69) is 20.1 Å². The van der Waals surface area contributed by atoms with E-state index < -0.39 is 23.6 Å². The smallest absolute Gasteiger partial charge is 0.406 e. The first kappa shape index (κ1) is 25.9. The van der Waals surface area contributed by atoms with Crippen molar-refractivity contribution in [1.82, 2.24) is 19.7 Å². The first-order valence-electron chi connectivity index (χ1n) is 11.2. The Labute approximate surface area is 209 Å². The van der Waals surface area contributed by atoms with Crippen LogP contribution in [0, 0.1) is 0 Å². The fourth-order valence-electron chi connectivity index (χ4n) is 4.05. The van der Waals surface area contributed by atoms with E-state index in [0.717, 1.165) is 36.3 Å². The average Bonchev–Trinajstić information content (AvgIpc) is 3.47. The lowest BCUT2D eigenvalue weighted by atomic mass is 10.1. The second-order valence-corrected chi connectivity index (χ2v) is 10.4. The van der Waals surface area contributed by atoms with Gasteiger partial charge in [-0.1, -0.05) is 11.3 Å². The van der Waals surface area contributed by atoms with Crippen LogP contribution in [-0.4, -0.2) is 64.1 Å². The number of methoxy groups -OCH3 is 1. The number of anilines is 1. The fourth-order valence-corrected chi connectivity index (χ4v) is 4.96. The van der Waals surface area contributed by atoms with Crippen LogP contribution in [-0.2, 0) is 10.3 Å². The number of fused-ring (bicyclic) bond motifs is 1. The minimum absolute atomic E-state index is 0.0336. The lowest BCUT2D eigenvalue weighted by molar-refractivity contribution is -0.274. The summed E-state index contributed by atoms with van der Waals surface area (Å²) in [4.78, 5) is 32.5. The Balaban J connectivity index is 1.61. The molecule has 3 aromatic rings. The van der Waals surface area contributed by atoms with Crippen LogP contribution in [0.3, 0.4) is 0 Å². The number of amides is 2. The number of alkyl halides is 3. The zero-order valence-electron chi connectivity index (χ0n) is 20.2. The molecule has 36 heavy (non-hydrogen) atoms. The minimum atomic E-state index is -4.82. The number of nitrogens with zero attached hydrogens (tertiary/aromatic N) is 4. The molecule has 9 nitrogen and oxygen atoms in total. The van der Waals surface area contributed by atoms with E-state index in [1.807, 2.05) is 20.8 Å². The van der Waals surface area contributed by atoms with E-state index in [4.69, 9.17) is 4.74 Å². The summed E-state index contributed by atoms with van der Waals surface area (Å²) < 4.78 is 48.4. The maximum absolute atomic E-state index is 13.5. The Morgan fingerprint density at radius 2 is 1.89 bits per heavy atom. The summed E-state index contributed by atoms with van der Waals surface area (Å²) in [5.41, 5.74) is 0.353. The van der Waals surface area contributed by atoms with Crippen LogP contribution in [0.5, 0.6) is 5.75 Å². The molecule has 2 aromatic heterocycles. The topological polar surface area (TPSA) is 98.6 Å². The fraction of sp³-hybridized carbons (Fsp3) is 0.478. The van der Waals surface area contributed by atoms with Crippen molar-refractivity contribution in [1.29, 1.82) is 0 Å². The van der Waals surface area contributed by atoms with E-state index in [-0.39, 0.29) is 28.3 Å². The summed E-state index contributed by atoms with van der Waals surface area (Å²) in [6.45, 7) is 6.83. The van der Waals surface area contributed by atoms with Crippen molar-refractivity contribution in [3.05, 3.63) is 35.5 Å². The van der Waals surface area contributed by atoms with Crippen molar-refractivity contribution in [2.75, 3.05) is 25.6 Å². The molecule has 1 atom stereocenters. The Kier molecular flexibility index (Phi) is 6.97. The molecule has 0 bridgehead atoms. The van der Waals surface area contributed by atoms with Gasteiger partial charge < -0.3 is 14.4 Å². The minimum Gasteiger partial charge on any atom is -0.406 e. The lowest BCUT2D eigenvalue weighted by Crippen LogP contribution is -2.38. The molecule has 1 fully saturated rings. The second kappa shape index (κ2) is 9.69. The van der Waals surface area contributed by atoms with Gasteiger partial charge in [0.2, 0.25) is 0 Å². The summed E-state index contributed by atoms with van der Waals surface area (Å²) in [5.74, 6) is -1.21. The maximum Gasteiger partial charge on any atom is 0.573 e. The van der Waals surface area contributed by atoms with Gasteiger partial charge in [-0.25, -0.2) is 4.68 Å². The third-order valence-electron chi connectivity index (χ3n) is 5.63. The summed E-state index contributed by atoms with van der Waals surface area (Å²) in [5, 5.41) is 7.50. The normalized spacial score (nSPS) is 16.5. The van der Waals surface area contributed by atoms with Crippen LogP contribution in [0.25, 0.3) is 10.3 Å². The third kappa shape index (κ3) is 5.46. The van der Waals surface area contributed by atoms with Gasteiger partial charge >= 0.3 is 6.36 Å². The van der Waals surface area contributed by atoms with Gasteiger partial charge in [0.05, 0.1) is 18.2 Å². The predicted molar refractivity (Wildman–Crippen MR) is 127 cm³/mol. The molecule has 1 saturated heterocycles. The summed E-state index contributed by atoms with van der Waals surface area (Å²) in [6.07, 6.45) is -3.10. The van der Waals surface area contributed by atoms with Gasteiger partial charge in [-0.2, -0.15) is 10.1 Å². The number of hydrogen-bond donors (Lipinski definition) is 1. The predicted octanol–water partition coefficient (Wildman–Crippen LogP) is 4.65. The highest BCUT2D eigenvalue weighted by molar-refractivity contribution is 7.22. The number of halogens is 3. The van der Waals surface area contributed by atoms with E-state index in [9.17, 15) is 22.8 Å². The van der Waals surface area contributed by atoms with Gasteiger partial charge in [0.15, 0.2) is 16.5 Å². The second-order valence-electron chi connectivity index (χ2n) is 9.38. The standard InChI is InChI=1S/C23H26F3N5O4S/c1-22(2,3)31-18-17(16(29-31)20(33)30-11-5-6-14(30)12-34-4)36-21(27-18)28-19(32)13-7-9-15(10-8-13)35-23(24,25)26/h7-10,14H,5-6,11-12H2,1-4H3,(H,27,28,32)/t14-/m0/s1. The largest absolute Gasteiger partial charge is 0.573 e. The number of thiazole rings is 1. The molecule has 0 saturated carbocycles. The van der Waals surface area contributed by atoms with E-state index >= 15 is 0 Å². The summed E-state index contributed by atoms with van der Waals surface area (Å²) in [7, 11) is 1.60. The van der Waals surface area contributed by atoms with Gasteiger partial charge in [0.25, 0.3) is 11.8 Å². The van der Waals surface area contributed by atoms with Crippen molar-refractivity contribution < 1.29 is 32.2 Å². The molecule has 2 amide bonds. The molecule has 13 heteroatoms. The van der Waals surface area contributed by atoms with Crippen molar-refractivity contribution in [3.8, 4) is 5.75 Å². The highest BCUT2D eigenvalue weighted by atomic mass is 32.1. The first-order valence-corrected chi connectivity index (χ1v) is 12.1. The van der Waals surface area contributed by atoms with E-state index in [0.29, 0.717) is 23.5 Å². The van der Waals surface area contributed by atoms with Crippen LogP contribution < -0.4 is 10.1 Å². The molecule has 0 radical (unpaired) electrons. The zero-order valence-corrected chi connectivity index (χ0v) is 21.0. The van der Waals surface area contributed by atoms with Crippen molar-refractivity contribution in [2.24, 2.45) is 0 Å². The molecule has 1 aliphatic heterocycles. The molecule has 0 unspecified atom stereocenters.